The van der Waals surface area contributed by atoms with Crippen LogP contribution < -0.4 is 0 Å². The van der Waals surface area contributed by atoms with Gasteiger partial charge >= 0.3 is 5.97 Å². The Kier molecular flexibility index (Phi) is 4.63. The van der Waals surface area contributed by atoms with E-state index >= 15 is 0 Å². The van der Waals surface area contributed by atoms with E-state index in [-0.39, 0.29) is 12.5 Å². The lowest BCUT2D eigenvalue weighted by Gasteiger charge is -2.15. The molecule has 6 heteroatoms. The van der Waals surface area contributed by atoms with E-state index < -0.39 is 5.97 Å². The van der Waals surface area contributed by atoms with Gasteiger partial charge in [-0.25, -0.2) is 4.79 Å². The molecule has 0 aliphatic carbocycles. The zero-order valence-corrected chi connectivity index (χ0v) is 14.3. The zero-order valence-electron chi connectivity index (χ0n) is 14.3. The highest BCUT2D eigenvalue weighted by Gasteiger charge is 2.23. The molecule has 0 radical (unpaired) electrons. The van der Waals surface area contributed by atoms with Gasteiger partial charge in [0.25, 0.3) is 5.91 Å². The minimum absolute atomic E-state index is 0.148. The van der Waals surface area contributed by atoms with Crippen molar-refractivity contribution in [1.82, 2.24) is 4.90 Å². The summed E-state index contributed by atoms with van der Waals surface area (Å²) in [6.07, 6.45) is 0. The quantitative estimate of drug-likeness (QED) is 0.809. The van der Waals surface area contributed by atoms with Gasteiger partial charge in [0.15, 0.2) is 0 Å². The number of hydrogen-bond acceptors (Lipinski definition) is 5. The Morgan fingerprint density at radius 3 is 2.26 bits per heavy atom. The van der Waals surface area contributed by atoms with Gasteiger partial charge in [-0.1, -0.05) is 0 Å². The summed E-state index contributed by atoms with van der Waals surface area (Å²) >= 11 is 0. The molecule has 2 rings (SSSR count). The van der Waals surface area contributed by atoms with Gasteiger partial charge in [0.1, 0.15) is 28.6 Å². The predicted molar refractivity (Wildman–Crippen MR) is 83.5 cm³/mol. The second-order valence-corrected chi connectivity index (χ2v) is 5.55. The first-order valence-corrected chi connectivity index (χ1v) is 7.26. The Labute approximate surface area is 135 Å². The fourth-order valence-corrected chi connectivity index (χ4v) is 2.54. The van der Waals surface area contributed by atoms with Crippen LogP contribution in [0.4, 0.5) is 0 Å². The van der Waals surface area contributed by atoms with Crippen LogP contribution in [0, 0.1) is 27.7 Å². The molecule has 0 aliphatic rings. The van der Waals surface area contributed by atoms with Crippen LogP contribution in [0.2, 0.25) is 0 Å². The molecule has 23 heavy (non-hydrogen) atoms. The Hall–Kier alpha value is -2.50. The number of esters is 1. The van der Waals surface area contributed by atoms with E-state index in [1.807, 2.05) is 13.8 Å². The molecule has 2 heterocycles. The number of hydrogen-bond donors (Lipinski definition) is 0. The first kappa shape index (κ1) is 16.9. The molecular weight excluding hydrogens is 298 g/mol. The summed E-state index contributed by atoms with van der Waals surface area (Å²) in [6.45, 7) is 7.40. The van der Waals surface area contributed by atoms with E-state index in [4.69, 9.17) is 13.6 Å². The van der Waals surface area contributed by atoms with E-state index in [0.29, 0.717) is 28.4 Å². The molecule has 0 unspecified atom stereocenters. The van der Waals surface area contributed by atoms with Crippen molar-refractivity contribution in [2.24, 2.45) is 0 Å². The molecule has 0 spiro atoms. The maximum Gasteiger partial charge on any atom is 0.341 e. The van der Waals surface area contributed by atoms with Crippen molar-refractivity contribution in [2.75, 3.05) is 14.2 Å². The van der Waals surface area contributed by atoms with Gasteiger partial charge in [-0.15, -0.1) is 0 Å². The number of aryl methyl sites for hydroxylation is 3. The normalized spacial score (nSPS) is 10.7. The Morgan fingerprint density at radius 1 is 1.09 bits per heavy atom. The Balaban J connectivity index is 2.20. The summed E-state index contributed by atoms with van der Waals surface area (Å²) < 4.78 is 15.7. The largest absolute Gasteiger partial charge is 0.466 e. The second-order valence-electron chi connectivity index (χ2n) is 5.55. The Morgan fingerprint density at radius 2 is 1.74 bits per heavy atom. The summed E-state index contributed by atoms with van der Waals surface area (Å²) in [4.78, 5) is 25.8. The van der Waals surface area contributed by atoms with Crippen LogP contribution in [0.25, 0.3) is 0 Å². The predicted octanol–water partition coefficient (Wildman–Crippen LogP) is 3.17. The highest BCUT2D eigenvalue weighted by molar-refractivity contribution is 5.96. The number of amides is 1. The van der Waals surface area contributed by atoms with Gasteiger partial charge in [-0.2, -0.15) is 0 Å². The number of carbonyl (C=O) groups is 2. The third kappa shape index (κ3) is 3.16. The molecule has 0 aliphatic heterocycles. The fraction of sp³-hybridized carbons (Fsp3) is 0.412. The van der Waals surface area contributed by atoms with Gasteiger partial charge in [-0.05, 0) is 33.8 Å². The van der Waals surface area contributed by atoms with Crippen LogP contribution in [0.1, 0.15) is 49.3 Å². The summed E-state index contributed by atoms with van der Waals surface area (Å²) in [5, 5.41) is 0. The molecule has 0 bridgehead atoms. The fourth-order valence-electron chi connectivity index (χ4n) is 2.54. The van der Waals surface area contributed by atoms with Crippen molar-refractivity contribution in [2.45, 2.75) is 34.2 Å². The minimum Gasteiger partial charge on any atom is -0.466 e. The molecule has 0 saturated heterocycles. The molecule has 1 amide bonds. The van der Waals surface area contributed by atoms with E-state index in [9.17, 15) is 9.59 Å². The van der Waals surface area contributed by atoms with Crippen molar-refractivity contribution < 1.29 is 23.2 Å². The number of rotatable bonds is 4. The summed E-state index contributed by atoms with van der Waals surface area (Å²) in [6, 6.07) is 1.60. The monoisotopic (exact) mass is 319 g/mol. The third-order valence-corrected chi connectivity index (χ3v) is 3.89. The van der Waals surface area contributed by atoms with Crippen molar-refractivity contribution in [3.63, 3.8) is 0 Å². The summed E-state index contributed by atoms with van der Waals surface area (Å²) in [5.74, 6) is 1.73. The van der Waals surface area contributed by atoms with Crippen molar-refractivity contribution in [1.29, 1.82) is 0 Å². The molecule has 6 nitrogen and oxygen atoms in total. The Bertz CT molecular complexity index is 753. The van der Waals surface area contributed by atoms with Crippen molar-refractivity contribution in [3.05, 3.63) is 45.8 Å². The van der Waals surface area contributed by atoms with E-state index in [1.54, 1.807) is 27.0 Å². The maximum atomic E-state index is 12.6. The van der Waals surface area contributed by atoms with Crippen LogP contribution in [-0.2, 0) is 11.3 Å². The van der Waals surface area contributed by atoms with Gasteiger partial charge in [0.2, 0.25) is 0 Å². The topological polar surface area (TPSA) is 72.9 Å². The molecule has 0 saturated carbocycles. The number of ether oxygens (including phenoxy) is 1. The lowest BCUT2D eigenvalue weighted by Crippen LogP contribution is -2.26. The van der Waals surface area contributed by atoms with Crippen LogP contribution >= 0.6 is 0 Å². The smallest absolute Gasteiger partial charge is 0.341 e. The third-order valence-electron chi connectivity index (χ3n) is 3.89. The molecule has 0 N–H and O–H groups in total. The maximum absolute atomic E-state index is 12.6. The van der Waals surface area contributed by atoms with Gasteiger partial charge < -0.3 is 18.5 Å². The number of furan rings is 2. The standard InChI is InChI=1S/C17H21NO5/c1-9-10(2)22-12(4)15(9)16(19)18(5)8-13-7-14(11(3)23-13)17(20)21-6/h7H,8H2,1-6H3. The van der Waals surface area contributed by atoms with E-state index in [0.717, 1.165) is 11.3 Å². The van der Waals surface area contributed by atoms with Gasteiger partial charge in [-0.3, -0.25) is 4.79 Å². The van der Waals surface area contributed by atoms with Crippen LogP contribution in [0.5, 0.6) is 0 Å². The summed E-state index contributed by atoms with van der Waals surface area (Å²) in [5.41, 5.74) is 1.78. The van der Waals surface area contributed by atoms with E-state index in [2.05, 4.69) is 0 Å². The minimum atomic E-state index is -0.455. The molecule has 2 aromatic rings. The molecule has 0 aromatic carbocycles. The zero-order chi connectivity index (χ0) is 17.3. The lowest BCUT2D eigenvalue weighted by atomic mass is 10.1. The van der Waals surface area contributed by atoms with Crippen molar-refractivity contribution in [3.8, 4) is 0 Å². The lowest BCUT2D eigenvalue weighted by molar-refractivity contribution is 0.0598. The van der Waals surface area contributed by atoms with Crippen LogP contribution in [-0.4, -0.2) is 30.9 Å². The van der Waals surface area contributed by atoms with Crippen LogP contribution in [0.15, 0.2) is 14.9 Å². The number of methoxy groups -OCH3 is 1. The first-order valence-electron chi connectivity index (χ1n) is 7.26. The SMILES string of the molecule is COC(=O)c1cc(CN(C)C(=O)c2c(C)oc(C)c2C)oc1C. The molecule has 0 atom stereocenters. The van der Waals surface area contributed by atoms with Gasteiger partial charge in [0.05, 0.1) is 19.2 Å². The van der Waals surface area contributed by atoms with Crippen LogP contribution in [0.3, 0.4) is 0 Å². The average molecular weight is 319 g/mol. The second kappa shape index (κ2) is 6.32. The van der Waals surface area contributed by atoms with E-state index in [1.165, 1.54) is 12.0 Å². The number of nitrogens with zero attached hydrogens (tertiary/aromatic N) is 1. The summed E-state index contributed by atoms with van der Waals surface area (Å²) in [7, 11) is 3.00. The highest BCUT2D eigenvalue weighted by Crippen LogP contribution is 2.23. The number of carbonyl (C=O) groups excluding carboxylic acids is 2. The van der Waals surface area contributed by atoms with Gasteiger partial charge in [0, 0.05) is 12.6 Å². The molecule has 124 valence electrons. The average Bonchev–Trinajstić information content (AvgIpc) is 2.97. The molecule has 2 aromatic heterocycles. The van der Waals surface area contributed by atoms with Crippen molar-refractivity contribution >= 4 is 11.9 Å². The highest BCUT2D eigenvalue weighted by atomic mass is 16.5. The molecular formula is C17H21NO5. The molecule has 0 fully saturated rings. The first-order chi connectivity index (χ1) is 10.8.